The quantitative estimate of drug-likeness (QED) is 0.223. The van der Waals surface area contributed by atoms with Gasteiger partial charge in [0.25, 0.3) is 11.5 Å². The lowest BCUT2D eigenvalue weighted by molar-refractivity contribution is -0.275. The Labute approximate surface area is 230 Å². The van der Waals surface area contributed by atoms with Crippen LogP contribution in [-0.4, -0.2) is 28.3 Å². The zero-order valence-electron chi connectivity index (χ0n) is 19.6. The summed E-state index contributed by atoms with van der Waals surface area (Å²) in [6.07, 6.45) is -4.42. The number of carbonyl (C=O) groups excluding carboxylic acids is 1. The van der Waals surface area contributed by atoms with E-state index in [4.69, 9.17) is 39.6 Å². The molecule has 0 spiro atoms. The molecule has 0 radical (unpaired) electrons. The van der Waals surface area contributed by atoms with Crippen molar-refractivity contribution in [2.24, 2.45) is 9.52 Å². The number of aryl methyl sites for hydroxylation is 1. The van der Waals surface area contributed by atoms with E-state index in [9.17, 15) is 26.6 Å². The Balaban J connectivity index is 1.66. The summed E-state index contributed by atoms with van der Waals surface area (Å²) < 4.78 is 73.5. The monoisotopic (exact) mass is 606 g/mol. The van der Waals surface area contributed by atoms with E-state index in [1.807, 2.05) is 0 Å². The molecule has 5 nitrogen and oxygen atoms in total. The molecule has 1 amide bonds. The van der Waals surface area contributed by atoms with Gasteiger partial charge in [0.05, 0.1) is 25.5 Å². The summed E-state index contributed by atoms with van der Waals surface area (Å²) in [4.78, 5) is 18.1. The van der Waals surface area contributed by atoms with Crippen LogP contribution in [0.4, 0.5) is 17.6 Å². The van der Waals surface area contributed by atoms with Gasteiger partial charge in [-0.15, -0.1) is 0 Å². The summed E-state index contributed by atoms with van der Waals surface area (Å²) in [7, 11) is -3.12. The summed E-state index contributed by atoms with van der Waals surface area (Å²) in [6, 6.07) is 11.9. The standard InChI is InChI=1S/C25H17Cl3F4N2O3S/c1-13-8-14(6-7-18(13)23(35)34-38(2,36)17-5-3-4-16(26)11-17)21-12-24(37-33-21,25(30,31)32)15-9-19(27)22(29)20(28)10-15/h3-11H,12H2,1-2H3. The zero-order valence-corrected chi connectivity index (χ0v) is 22.7. The fourth-order valence-corrected chi connectivity index (χ4v) is 5.83. The Morgan fingerprint density at radius 3 is 2.32 bits per heavy atom. The molecule has 0 aromatic heterocycles. The van der Waals surface area contributed by atoms with Crippen molar-refractivity contribution in [3.8, 4) is 0 Å². The van der Waals surface area contributed by atoms with Crippen molar-refractivity contribution in [1.29, 1.82) is 0 Å². The van der Waals surface area contributed by atoms with Crippen LogP contribution in [0.3, 0.4) is 0 Å². The molecule has 0 saturated carbocycles. The summed E-state index contributed by atoms with van der Waals surface area (Å²) >= 11 is 17.4. The lowest BCUT2D eigenvalue weighted by Gasteiger charge is -2.29. The maximum Gasteiger partial charge on any atom is 0.435 e. The second-order valence-electron chi connectivity index (χ2n) is 8.57. The van der Waals surface area contributed by atoms with E-state index in [1.54, 1.807) is 19.1 Å². The molecule has 3 aromatic rings. The third-order valence-corrected chi connectivity index (χ3v) is 8.34. The number of oxime groups is 1. The van der Waals surface area contributed by atoms with E-state index in [0.29, 0.717) is 10.6 Å². The molecule has 1 heterocycles. The van der Waals surface area contributed by atoms with Gasteiger partial charge in [-0.05, 0) is 60.5 Å². The van der Waals surface area contributed by atoms with Crippen molar-refractivity contribution in [3.63, 3.8) is 0 Å². The van der Waals surface area contributed by atoms with Gasteiger partial charge in [0.1, 0.15) is 0 Å². The molecule has 0 N–H and O–H groups in total. The molecule has 0 bridgehead atoms. The topological polar surface area (TPSA) is 68.1 Å². The number of rotatable bonds is 4. The third-order valence-electron chi connectivity index (χ3n) is 5.92. The smallest absolute Gasteiger partial charge is 0.374 e. The number of hydrogen-bond acceptors (Lipinski definition) is 4. The van der Waals surface area contributed by atoms with Crippen molar-refractivity contribution in [3.05, 3.63) is 97.7 Å². The molecule has 0 fully saturated rings. The maximum absolute atomic E-state index is 14.3. The molecule has 2 atom stereocenters. The predicted octanol–water partition coefficient (Wildman–Crippen LogP) is 7.97. The van der Waals surface area contributed by atoms with Gasteiger partial charge in [-0.2, -0.15) is 17.5 Å². The molecule has 13 heteroatoms. The number of nitrogens with zero attached hydrogens (tertiary/aromatic N) is 2. The summed E-state index contributed by atoms with van der Waals surface area (Å²) in [5.74, 6) is -1.83. The fraction of sp³-hybridized carbons (Fsp3) is 0.200. The van der Waals surface area contributed by atoms with Gasteiger partial charge in [-0.25, -0.2) is 8.60 Å². The molecule has 200 valence electrons. The Morgan fingerprint density at radius 2 is 1.74 bits per heavy atom. The maximum atomic E-state index is 14.3. The van der Waals surface area contributed by atoms with Crippen LogP contribution in [0.5, 0.6) is 0 Å². The first-order valence-corrected chi connectivity index (χ1v) is 13.8. The van der Waals surface area contributed by atoms with Crippen LogP contribution < -0.4 is 0 Å². The second kappa shape index (κ2) is 10.1. The van der Waals surface area contributed by atoms with Crippen molar-refractivity contribution < 1.29 is 31.4 Å². The van der Waals surface area contributed by atoms with Gasteiger partial charge in [-0.3, -0.25) is 4.79 Å². The summed E-state index contributed by atoms with van der Waals surface area (Å²) in [6.45, 7) is 1.55. The fourth-order valence-electron chi connectivity index (χ4n) is 3.89. The lowest BCUT2D eigenvalue weighted by atomic mass is 9.86. The highest BCUT2D eigenvalue weighted by atomic mass is 35.5. The first kappa shape index (κ1) is 28.4. The van der Waals surface area contributed by atoms with Crippen LogP contribution in [0.25, 0.3) is 0 Å². The van der Waals surface area contributed by atoms with Crippen LogP contribution in [0, 0.1) is 12.7 Å². The van der Waals surface area contributed by atoms with E-state index in [-0.39, 0.29) is 21.7 Å². The molecule has 1 aliphatic rings. The van der Waals surface area contributed by atoms with Crippen LogP contribution in [0.2, 0.25) is 15.1 Å². The molecule has 0 saturated heterocycles. The minimum absolute atomic E-state index is 0.0730. The Kier molecular flexibility index (Phi) is 7.57. The van der Waals surface area contributed by atoms with Gasteiger partial charge in [0.15, 0.2) is 5.82 Å². The second-order valence-corrected chi connectivity index (χ2v) is 12.1. The van der Waals surface area contributed by atoms with Gasteiger partial charge in [0, 0.05) is 33.7 Å². The molecular formula is C25H17Cl3F4N2O3S. The molecular weight excluding hydrogens is 591 g/mol. The number of halogens is 7. The minimum Gasteiger partial charge on any atom is -0.374 e. The third kappa shape index (κ3) is 5.27. The van der Waals surface area contributed by atoms with Crippen molar-refractivity contribution in [2.45, 2.75) is 30.0 Å². The molecule has 0 aliphatic carbocycles. The average Bonchev–Trinajstić information content (AvgIpc) is 3.29. The summed E-state index contributed by atoms with van der Waals surface area (Å²) in [5.41, 5.74) is -2.83. The normalized spacial score (nSPS) is 18.9. The summed E-state index contributed by atoms with van der Waals surface area (Å²) in [5, 5.41) is 2.80. The van der Waals surface area contributed by atoms with Crippen LogP contribution >= 0.6 is 34.8 Å². The van der Waals surface area contributed by atoms with Crippen molar-refractivity contribution >= 4 is 56.2 Å². The van der Waals surface area contributed by atoms with Crippen LogP contribution in [0.1, 0.15) is 33.5 Å². The Hall–Kier alpha value is -2.66. The van der Waals surface area contributed by atoms with E-state index < -0.39 is 55.3 Å². The zero-order chi connectivity index (χ0) is 28.0. The van der Waals surface area contributed by atoms with Gasteiger partial charge < -0.3 is 4.84 Å². The van der Waals surface area contributed by atoms with Crippen LogP contribution in [0.15, 0.2) is 69.0 Å². The highest BCUT2D eigenvalue weighted by molar-refractivity contribution is 7.93. The van der Waals surface area contributed by atoms with E-state index in [0.717, 1.165) is 12.1 Å². The number of amides is 1. The number of benzene rings is 3. The number of carbonyl (C=O) groups is 1. The van der Waals surface area contributed by atoms with E-state index >= 15 is 0 Å². The molecule has 38 heavy (non-hydrogen) atoms. The van der Waals surface area contributed by atoms with Gasteiger partial charge >= 0.3 is 6.18 Å². The number of alkyl halides is 3. The SMILES string of the molecule is Cc1cc(C2=NOC(c3cc(Cl)c(F)c(Cl)c3)(C(F)(F)F)C2)ccc1C(=O)N=S(C)(=O)c1cccc(Cl)c1. The van der Waals surface area contributed by atoms with Gasteiger partial charge in [-0.1, -0.05) is 52.1 Å². The molecule has 1 aliphatic heterocycles. The highest BCUT2D eigenvalue weighted by Gasteiger charge is 2.62. The highest BCUT2D eigenvalue weighted by Crippen LogP contribution is 2.50. The Bertz CT molecular complexity index is 1590. The number of hydrogen-bond donors (Lipinski definition) is 0. The molecule has 4 rings (SSSR count). The molecule has 2 unspecified atom stereocenters. The molecule has 3 aromatic carbocycles. The van der Waals surface area contributed by atoms with Crippen LogP contribution in [-0.2, 0) is 20.2 Å². The first-order valence-electron chi connectivity index (χ1n) is 10.7. The largest absolute Gasteiger partial charge is 0.435 e. The Morgan fingerprint density at radius 1 is 1.08 bits per heavy atom. The average molecular weight is 608 g/mol. The van der Waals surface area contributed by atoms with Crippen molar-refractivity contribution in [1.82, 2.24) is 0 Å². The first-order chi connectivity index (χ1) is 17.6. The van der Waals surface area contributed by atoms with Crippen molar-refractivity contribution in [2.75, 3.05) is 6.26 Å². The van der Waals surface area contributed by atoms with E-state index in [2.05, 4.69) is 9.52 Å². The predicted molar refractivity (Wildman–Crippen MR) is 138 cm³/mol. The lowest BCUT2D eigenvalue weighted by Crippen LogP contribution is -2.42. The van der Waals surface area contributed by atoms with Gasteiger partial charge in [0.2, 0.25) is 0 Å². The minimum atomic E-state index is -4.96. The van der Waals surface area contributed by atoms with E-state index in [1.165, 1.54) is 36.6 Å².